The lowest BCUT2D eigenvalue weighted by molar-refractivity contribution is -0.161. The van der Waals surface area contributed by atoms with Gasteiger partial charge in [-0.05, 0) is 154 Å². The van der Waals surface area contributed by atoms with Gasteiger partial charge in [0.05, 0.1) is 26.4 Å². The van der Waals surface area contributed by atoms with Crippen LogP contribution in [0.25, 0.3) is 0 Å². The Hall–Kier alpha value is -5.35. The van der Waals surface area contributed by atoms with E-state index in [-0.39, 0.29) is 19.3 Å². The van der Waals surface area contributed by atoms with Gasteiger partial charge >= 0.3 is 33.6 Å². The van der Waals surface area contributed by atoms with Crippen LogP contribution >= 0.6 is 15.6 Å². The molecule has 0 saturated carbocycles. The van der Waals surface area contributed by atoms with E-state index in [1.165, 1.54) is 135 Å². The molecule has 18 heteroatoms. The minimum atomic E-state index is -4.95. The third-order valence-corrected chi connectivity index (χ3v) is 21.0. The molecule has 0 aliphatic rings. The second kappa shape index (κ2) is 89.9. The summed E-state index contributed by atoms with van der Waals surface area (Å²) in [5.41, 5.74) is 0. The zero-order chi connectivity index (χ0) is 85.1. The van der Waals surface area contributed by atoms with E-state index in [1.807, 2.05) is 0 Å². The van der Waals surface area contributed by atoms with Crippen molar-refractivity contribution in [2.24, 2.45) is 0 Å². The van der Waals surface area contributed by atoms with Crippen molar-refractivity contribution in [1.29, 1.82) is 0 Å². The third-order valence-electron chi connectivity index (χ3n) is 19.1. The number of carbonyl (C=O) groups excluding carboxylic acids is 3. The number of esters is 3. The van der Waals surface area contributed by atoms with E-state index in [2.05, 4.69) is 203 Å². The van der Waals surface area contributed by atoms with Gasteiger partial charge in [0.2, 0.25) is 0 Å². The molecule has 0 bridgehead atoms. The summed E-state index contributed by atoms with van der Waals surface area (Å²) in [5, 5.41) is 20.7. The van der Waals surface area contributed by atoms with Crippen molar-refractivity contribution in [1.82, 2.24) is 0 Å². The maximum atomic E-state index is 13.0. The second-order valence-electron chi connectivity index (χ2n) is 30.3. The minimum Gasteiger partial charge on any atom is -0.463 e. The largest absolute Gasteiger partial charge is 0.472 e. The van der Waals surface area contributed by atoms with E-state index in [4.69, 9.17) is 32.3 Å². The predicted octanol–water partition coefficient (Wildman–Crippen LogP) is 28.4. The molecule has 0 spiro atoms. The van der Waals surface area contributed by atoms with Crippen LogP contribution < -0.4 is 0 Å². The van der Waals surface area contributed by atoms with Gasteiger partial charge in [-0.2, -0.15) is 0 Å². The van der Waals surface area contributed by atoms with Gasteiger partial charge in [-0.1, -0.05) is 376 Å². The zero-order valence-corrected chi connectivity index (χ0v) is 75.4. The third kappa shape index (κ3) is 91.2. The summed E-state index contributed by atoms with van der Waals surface area (Å²) in [7, 11) is -9.82. The Balaban J connectivity index is 4.49. The Labute approximate surface area is 713 Å². The summed E-state index contributed by atoms with van der Waals surface area (Å²) in [5.74, 6) is -1.60. The molecule has 0 rings (SSSR count). The number of carbonyl (C=O) groups is 3. The first kappa shape index (κ1) is 112. The first-order chi connectivity index (χ1) is 57.2. The summed E-state index contributed by atoms with van der Waals surface area (Å²) in [6.07, 6.45) is 118. The molecule has 4 N–H and O–H groups in total. The van der Waals surface area contributed by atoms with Crippen molar-refractivity contribution in [2.75, 3.05) is 39.6 Å². The quantitative estimate of drug-likeness (QED) is 0.0146. The Kier molecular flexibility index (Phi) is 85.8. The number of rotatable bonds is 86. The molecule has 0 amide bonds. The molecule has 668 valence electrons. The van der Waals surface area contributed by atoms with Gasteiger partial charge in [-0.15, -0.1) is 0 Å². The molecule has 0 fully saturated rings. The predicted molar refractivity (Wildman–Crippen MR) is 491 cm³/mol. The van der Waals surface area contributed by atoms with E-state index in [9.17, 15) is 43.5 Å². The van der Waals surface area contributed by atoms with Gasteiger partial charge in [0, 0.05) is 19.3 Å². The highest BCUT2D eigenvalue weighted by Crippen LogP contribution is 2.45. The number of hydrogen-bond donors (Lipinski definition) is 4. The normalized spacial score (nSPS) is 14.6. The van der Waals surface area contributed by atoms with Gasteiger partial charge in [0.15, 0.2) is 6.10 Å². The fourth-order valence-electron chi connectivity index (χ4n) is 12.2. The van der Waals surface area contributed by atoms with E-state index in [0.29, 0.717) is 19.3 Å². The van der Waals surface area contributed by atoms with Crippen LogP contribution in [-0.2, 0) is 55.8 Å². The van der Waals surface area contributed by atoms with Crippen molar-refractivity contribution in [2.45, 2.75) is 386 Å². The number of aliphatic hydroxyl groups excluding tert-OH is 2. The van der Waals surface area contributed by atoms with Crippen LogP contribution in [0.15, 0.2) is 182 Å². The van der Waals surface area contributed by atoms with Crippen molar-refractivity contribution < 1.29 is 75.8 Å². The number of phosphoric acid groups is 2. The highest BCUT2D eigenvalue weighted by Gasteiger charge is 2.29. The molecule has 0 aromatic carbocycles. The fraction of sp³-hybridized carbons (Fsp3) is 0.667. The number of aliphatic hydroxyl groups is 2. The second-order valence-corrected chi connectivity index (χ2v) is 33.2. The summed E-state index contributed by atoms with van der Waals surface area (Å²) in [6, 6.07) is 0. The average molecular weight is 1670 g/mol. The van der Waals surface area contributed by atoms with Crippen molar-refractivity contribution in [3.63, 3.8) is 0 Å². The Morgan fingerprint density at radius 1 is 0.239 bits per heavy atom. The molecule has 0 aromatic heterocycles. The van der Waals surface area contributed by atoms with E-state index < -0.39 is 91.5 Å². The van der Waals surface area contributed by atoms with Crippen LogP contribution in [0, 0.1) is 0 Å². The van der Waals surface area contributed by atoms with Crippen molar-refractivity contribution >= 4 is 33.6 Å². The monoisotopic (exact) mass is 1670 g/mol. The van der Waals surface area contributed by atoms with Gasteiger partial charge < -0.3 is 34.2 Å². The molecule has 0 aliphatic carbocycles. The topological polar surface area (TPSA) is 231 Å². The molecule has 0 radical (unpaired) electrons. The first-order valence-corrected chi connectivity index (χ1v) is 49.1. The van der Waals surface area contributed by atoms with E-state index in [1.54, 1.807) is 0 Å². The highest BCUT2D eigenvalue weighted by molar-refractivity contribution is 7.47. The van der Waals surface area contributed by atoms with Crippen LogP contribution in [0.5, 0.6) is 0 Å². The molecular weight excluding hydrogens is 1510 g/mol. The molecule has 0 aliphatic heterocycles. The minimum absolute atomic E-state index is 0.0725. The van der Waals surface area contributed by atoms with Crippen LogP contribution in [0.4, 0.5) is 0 Å². The van der Waals surface area contributed by atoms with Crippen molar-refractivity contribution in [3.05, 3.63) is 182 Å². The van der Waals surface area contributed by atoms with E-state index >= 15 is 0 Å². The van der Waals surface area contributed by atoms with Gasteiger partial charge in [0.25, 0.3) is 0 Å². The molecule has 0 heterocycles. The number of phosphoric ester groups is 2. The summed E-state index contributed by atoms with van der Waals surface area (Å²) < 4.78 is 61.4. The lowest BCUT2D eigenvalue weighted by Gasteiger charge is -2.21. The number of unbranched alkanes of at least 4 members (excludes halogenated alkanes) is 33. The lowest BCUT2D eigenvalue weighted by atomic mass is 10.0. The summed E-state index contributed by atoms with van der Waals surface area (Å²) in [6.45, 7) is 2.34. The maximum Gasteiger partial charge on any atom is 0.472 e. The van der Waals surface area contributed by atoms with E-state index in [0.717, 1.165) is 173 Å². The molecule has 5 unspecified atom stereocenters. The summed E-state index contributed by atoms with van der Waals surface area (Å²) in [4.78, 5) is 58.9. The summed E-state index contributed by atoms with van der Waals surface area (Å²) >= 11 is 0. The Morgan fingerprint density at radius 3 is 0.675 bits per heavy atom. The average Bonchev–Trinajstić information content (AvgIpc) is 0.901. The Morgan fingerprint density at radius 2 is 0.427 bits per heavy atom. The van der Waals surface area contributed by atoms with Crippen molar-refractivity contribution in [3.8, 4) is 0 Å². The molecule has 117 heavy (non-hydrogen) atoms. The van der Waals surface area contributed by atoms with Gasteiger partial charge in [-0.3, -0.25) is 32.5 Å². The maximum absolute atomic E-state index is 13.0. The number of hydrogen-bond acceptors (Lipinski definition) is 14. The highest BCUT2D eigenvalue weighted by atomic mass is 31.2. The molecule has 0 aromatic rings. The molecular formula is C99H166O16P2. The molecule has 16 nitrogen and oxygen atoms in total. The zero-order valence-electron chi connectivity index (χ0n) is 73.6. The molecule has 0 saturated heterocycles. The fourth-order valence-corrected chi connectivity index (χ4v) is 13.8. The van der Waals surface area contributed by atoms with Crippen LogP contribution in [0.3, 0.4) is 0 Å². The van der Waals surface area contributed by atoms with Gasteiger partial charge in [-0.25, -0.2) is 9.13 Å². The standard InChI is InChI=1S/C99H166O16P2/c1-4-7-10-13-16-19-22-25-28-31-33-35-37-39-41-43-44-45-46-47-48-50-52-53-55-57-59-62-64-67-70-73-76-79-82-85-97(102)109-88-94(100)89-111-116(105,106)112-90-95(101)91-113-117(107,108)114-93-96(115-99(104)87-84-81-78-75-72-69-66-61-30-27-24-21-18-15-12-9-6-3)92-110-98(103)86-83-80-77-74-71-68-65-63-60-58-56-54-51-49-42-40-38-36-34-32-29-26-23-20-17-14-11-8-5-2/h7-12,16-21,25-30,33-36,39-42,44-45,66,69,94-96,100-101H,4-6,13-15,22-24,31-32,37-38,43,46-65,67-68,70-93H2,1-3H3,(H,105,106)(H,107,108)/b10-7-,11-8-,12-9-,19-16-,20-17-,21-18-,28-25-,29-26-,30-27-,35-33-,36-34-,41-39-,42-40-,45-44-,69-66-. The number of allylic oxidation sites excluding steroid dienone is 30. The van der Waals surface area contributed by atoms with Gasteiger partial charge in [0.1, 0.15) is 25.4 Å². The first-order valence-electron chi connectivity index (χ1n) is 46.1. The van der Waals surface area contributed by atoms with Crippen LogP contribution in [0.2, 0.25) is 0 Å². The smallest absolute Gasteiger partial charge is 0.463 e. The molecule has 5 atom stereocenters. The van der Waals surface area contributed by atoms with Crippen LogP contribution in [0.1, 0.15) is 367 Å². The van der Waals surface area contributed by atoms with Crippen LogP contribution in [-0.4, -0.2) is 95.9 Å². The number of ether oxygens (including phenoxy) is 3. The Bertz CT molecular complexity index is 2860. The SMILES string of the molecule is CC/C=C\C/C=C\C/C=C\C/C=C\C/C=C\C/C=C\CCCCCCCCCCCCCCCCCCC(=O)OCC(O)COP(=O)(O)OCC(O)COP(=O)(O)OCC(COC(=O)CCCCCCCCCCCCCCC/C=C\C/C=C\C/C=C\C/C=C\C/C=C\CC)OC(=O)CCCCCC/C=C\C/C=C\C/C=C\C/C=C\CC. The lowest BCUT2D eigenvalue weighted by Crippen LogP contribution is -2.30.